The molecule has 0 aliphatic carbocycles. The topological polar surface area (TPSA) is 12.0 Å². The zero-order valence-electron chi connectivity index (χ0n) is 11.1. The monoisotopic (exact) mass is 261 g/mol. The second-order valence-corrected chi connectivity index (χ2v) is 4.58. The van der Waals surface area contributed by atoms with Crippen molar-refractivity contribution in [3.05, 3.63) is 65.2 Å². The average Bonchev–Trinajstić information content (AvgIpc) is 2.38. The lowest BCUT2D eigenvalue weighted by molar-refractivity contribution is 0.577. The second kappa shape index (κ2) is 5.83. The molecule has 1 N–H and O–H groups in total. The molecule has 0 aliphatic heterocycles. The molecule has 0 radical (unpaired) electrons. The van der Waals surface area contributed by atoms with Crippen molar-refractivity contribution in [2.75, 3.05) is 5.32 Å². The molecule has 2 aromatic carbocycles. The van der Waals surface area contributed by atoms with Crippen molar-refractivity contribution >= 4 is 5.69 Å². The van der Waals surface area contributed by atoms with E-state index in [0.29, 0.717) is 5.56 Å². The van der Waals surface area contributed by atoms with Gasteiger partial charge < -0.3 is 5.32 Å². The summed E-state index contributed by atoms with van der Waals surface area (Å²) in [5, 5.41) is 3.30. The van der Waals surface area contributed by atoms with Crippen LogP contribution in [-0.4, -0.2) is 0 Å². The van der Waals surface area contributed by atoms with Gasteiger partial charge in [-0.25, -0.2) is 8.78 Å². The van der Waals surface area contributed by atoms with Crippen molar-refractivity contribution in [1.82, 2.24) is 0 Å². The first kappa shape index (κ1) is 13.5. The molecule has 0 aromatic heterocycles. The number of hydrogen-bond acceptors (Lipinski definition) is 1. The molecule has 0 saturated carbocycles. The molecule has 0 aliphatic rings. The molecule has 1 nitrogen and oxygen atoms in total. The van der Waals surface area contributed by atoms with E-state index in [1.54, 1.807) is 0 Å². The van der Waals surface area contributed by atoms with Crippen LogP contribution in [0.15, 0.2) is 42.5 Å². The van der Waals surface area contributed by atoms with E-state index >= 15 is 0 Å². The fourth-order valence-electron chi connectivity index (χ4n) is 2.11. The minimum Gasteiger partial charge on any atom is -0.378 e. The third kappa shape index (κ3) is 3.31. The Kier molecular flexibility index (Phi) is 4.15. The molecule has 0 saturated heterocycles. The van der Waals surface area contributed by atoms with Crippen LogP contribution in [0.4, 0.5) is 14.5 Å². The third-order valence-corrected chi connectivity index (χ3v) is 3.16. The van der Waals surface area contributed by atoms with Crippen LogP contribution in [0.25, 0.3) is 0 Å². The maximum absolute atomic E-state index is 13.2. The number of nitrogens with one attached hydrogen (secondary N) is 1. The van der Waals surface area contributed by atoms with Crippen LogP contribution in [-0.2, 0) is 6.42 Å². The number of benzene rings is 2. The Hall–Kier alpha value is -1.90. The van der Waals surface area contributed by atoms with Gasteiger partial charge in [0.25, 0.3) is 0 Å². The Balaban J connectivity index is 2.22. The summed E-state index contributed by atoms with van der Waals surface area (Å²) < 4.78 is 26.4. The van der Waals surface area contributed by atoms with Gasteiger partial charge in [0.1, 0.15) is 11.6 Å². The standard InChI is InChI=1S/C16H17F2N/c1-3-12-6-4-5-7-16(12)19-11(2)13-8-14(17)10-15(18)9-13/h4-11,19H,3H2,1-2H3. The molecule has 1 atom stereocenters. The van der Waals surface area contributed by atoms with Crippen LogP contribution in [0.2, 0.25) is 0 Å². The highest BCUT2D eigenvalue weighted by atomic mass is 19.1. The third-order valence-electron chi connectivity index (χ3n) is 3.16. The fraction of sp³-hybridized carbons (Fsp3) is 0.250. The van der Waals surface area contributed by atoms with E-state index in [9.17, 15) is 8.78 Å². The highest BCUT2D eigenvalue weighted by Crippen LogP contribution is 2.23. The maximum Gasteiger partial charge on any atom is 0.126 e. The highest BCUT2D eigenvalue weighted by molar-refractivity contribution is 5.52. The van der Waals surface area contributed by atoms with Crippen LogP contribution in [0, 0.1) is 11.6 Å². The average molecular weight is 261 g/mol. The predicted octanol–water partition coefficient (Wildman–Crippen LogP) is 4.70. The van der Waals surface area contributed by atoms with Gasteiger partial charge in [-0.3, -0.25) is 0 Å². The number of anilines is 1. The van der Waals surface area contributed by atoms with Crippen LogP contribution >= 0.6 is 0 Å². The van der Waals surface area contributed by atoms with Gasteiger partial charge in [0.2, 0.25) is 0 Å². The van der Waals surface area contributed by atoms with Crippen molar-refractivity contribution < 1.29 is 8.78 Å². The normalized spacial score (nSPS) is 12.2. The fourth-order valence-corrected chi connectivity index (χ4v) is 2.11. The van der Waals surface area contributed by atoms with Crippen LogP contribution in [0.5, 0.6) is 0 Å². The molecule has 0 amide bonds. The first-order valence-corrected chi connectivity index (χ1v) is 6.40. The quantitative estimate of drug-likeness (QED) is 0.841. The summed E-state index contributed by atoms with van der Waals surface area (Å²) in [6.45, 7) is 3.97. The largest absolute Gasteiger partial charge is 0.378 e. The molecular weight excluding hydrogens is 244 g/mol. The summed E-state index contributed by atoms with van der Waals surface area (Å²) in [5.74, 6) is -1.10. The SMILES string of the molecule is CCc1ccccc1NC(C)c1cc(F)cc(F)c1. The molecule has 0 fully saturated rings. The minimum absolute atomic E-state index is 0.155. The molecule has 3 heteroatoms. The van der Waals surface area contributed by atoms with Crippen molar-refractivity contribution in [3.63, 3.8) is 0 Å². The smallest absolute Gasteiger partial charge is 0.126 e. The molecule has 0 bridgehead atoms. The van der Waals surface area contributed by atoms with E-state index in [0.717, 1.165) is 18.2 Å². The Morgan fingerprint density at radius 1 is 1.05 bits per heavy atom. The van der Waals surface area contributed by atoms with Crippen molar-refractivity contribution in [2.24, 2.45) is 0 Å². The van der Waals surface area contributed by atoms with E-state index in [1.807, 2.05) is 31.2 Å². The summed E-state index contributed by atoms with van der Waals surface area (Å²) in [7, 11) is 0. The maximum atomic E-state index is 13.2. The van der Waals surface area contributed by atoms with Crippen molar-refractivity contribution in [1.29, 1.82) is 0 Å². The van der Waals surface area contributed by atoms with E-state index in [2.05, 4.69) is 12.2 Å². The second-order valence-electron chi connectivity index (χ2n) is 4.58. The molecule has 19 heavy (non-hydrogen) atoms. The first-order chi connectivity index (χ1) is 9.10. The first-order valence-electron chi connectivity index (χ1n) is 6.40. The summed E-state index contributed by atoms with van der Waals surface area (Å²) in [6.07, 6.45) is 0.910. The van der Waals surface area contributed by atoms with Crippen LogP contribution in [0.3, 0.4) is 0 Å². The zero-order chi connectivity index (χ0) is 13.8. The number of para-hydroxylation sites is 1. The van der Waals surface area contributed by atoms with E-state index < -0.39 is 11.6 Å². The highest BCUT2D eigenvalue weighted by Gasteiger charge is 2.10. The lowest BCUT2D eigenvalue weighted by Gasteiger charge is -2.18. The van der Waals surface area contributed by atoms with Gasteiger partial charge in [0.15, 0.2) is 0 Å². The number of halogens is 2. The molecule has 0 spiro atoms. The summed E-state index contributed by atoms with van der Waals surface area (Å²) in [6, 6.07) is 11.4. The molecule has 1 unspecified atom stereocenters. The van der Waals surface area contributed by atoms with Gasteiger partial charge in [0.05, 0.1) is 0 Å². The van der Waals surface area contributed by atoms with Gasteiger partial charge in [-0.1, -0.05) is 25.1 Å². The summed E-state index contributed by atoms with van der Waals surface area (Å²) >= 11 is 0. The summed E-state index contributed by atoms with van der Waals surface area (Å²) in [4.78, 5) is 0. The molecule has 0 heterocycles. The van der Waals surface area contributed by atoms with Crippen molar-refractivity contribution in [2.45, 2.75) is 26.3 Å². The van der Waals surface area contributed by atoms with Gasteiger partial charge in [-0.15, -0.1) is 0 Å². The van der Waals surface area contributed by atoms with Gasteiger partial charge in [-0.2, -0.15) is 0 Å². The minimum atomic E-state index is -0.549. The summed E-state index contributed by atoms with van der Waals surface area (Å²) in [5.41, 5.74) is 2.79. The van der Waals surface area contributed by atoms with E-state index in [1.165, 1.54) is 17.7 Å². The van der Waals surface area contributed by atoms with Gasteiger partial charge in [-0.05, 0) is 42.7 Å². The molecule has 100 valence electrons. The Bertz CT molecular complexity index is 546. The lowest BCUT2D eigenvalue weighted by atomic mass is 10.1. The van der Waals surface area contributed by atoms with Crippen LogP contribution < -0.4 is 5.32 Å². The molecular formula is C16H17F2N. The van der Waals surface area contributed by atoms with Gasteiger partial charge in [0, 0.05) is 17.8 Å². The van der Waals surface area contributed by atoms with E-state index in [4.69, 9.17) is 0 Å². The van der Waals surface area contributed by atoms with Gasteiger partial charge >= 0.3 is 0 Å². The predicted molar refractivity (Wildman–Crippen MR) is 74.2 cm³/mol. The lowest BCUT2D eigenvalue weighted by Crippen LogP contribution is -2.09. The molecule has 2 rings (SSSR count). The van der Waals surface area contributed by atoms with Crippen LogP contribution in [0.1, 0.15) is 31.0 Å². The van der Waals surface area contributed by atoms with E-state index in [-0.39, 0.29) is 6.04 Å². The number of hydrogen-bond donors (Lipinski definition) is 1. The Morgan fingerprint density at radius 3 is 2.32 bits per heavy atom. The Labute approximate surface area is 112 Å². The van der Waals surface area contributed by atoms with Crippen molar-refractivity contribution in [3.8, 4) is 0 Å². The number of rotatable bonds is 4. The molecule has 2 aromatic rings. The number of aryl methyl sites for hydroxylation is 1. The Morgan fingerprint density at radius 2 is 1.68 bits per heavy atom. The zero-order valence-corrected chi connectivity index (χ0v) is 11.1.